The van der Waals surface area contributed by atoms with Crippen LogP contribution in [0.2, 0.25) is 5.15 Å². The first-order valence-corrected chi connectivity index (χ1v) is 6.32. The zero-order chi connectivity index (χ0) is 14.5. The van der Waals surface area contributed by atoms with E-state index in [0.717, 1.165) is 5.56 Å². The van der Waals surface area contributed by atoms with Crippen LogP contribution in [0, 0.1) is 5.82 Å². The fourth-order valence-electron chi connectivity index (χ4n) is 1.76. The molecule has 1 aromatic heterocycles. The summed E-state index contributed by atoms with van der Waals surface area (Å²) in [5.74, 6) is -1.17. The molecule has 0 atom stereocenters. The monoisotopic (exact) mass is 294 g/mol. The number of hydrogen-bond donors (Lipinski definition) is 2. The second-order valence-corrected chi connectivity index (χ2v) is 4.53. The van der Waals surface area contributed by atoms with Gasteiger partial charge in [0.05, 0.1) is 0 Å². The molecule has 0 amide bonds. The van der Waals surface area contributed by atoms with Crippen molar-refractivity contribution in [3.8, 4) is 0 Å². The fraction of sp³-hybridized carbons (Fsp3) is 0.143. The number of carbonyl (C=O) groups is 1. The highest BCUT2D eigenvalue weighted by Crippen LogP contribution is 2.16. The van der Waals surface area contributed by atoms with Gasteiger partial charge in [-0.2, -0.15) is 0 Å². The Labute approximate surface area is 120 Å². The molecule has 20 heavy (non-hydrogen) atoms. The van der Waals surface area contributed by atoms with Crippen LogP contribution >= 0.6 is 11.6 Å². The summed E-state index contributed by atoms with van der Waals surface area (Å²) < 4.78 is 13.0. The molecule has 0 aliphatic heterocycles. The van der Waals surface area contributed by atoms with Gasteiger partial charge < -0.3 is 10.4 Å². The lowest BCUT2D eigenvalue weighted by Gasteiger charge is -2.09. The van der Waals surface area contributed by atoms with Crippen molar-refractivity contribution in [2.24, 2.45) is 0 Å². The maximum atomic E-state index is 13.0. The molecule has 1 aromatic carbocycles. The molecule has 1 heterocycles. The Hall–Kier alpha value is -2.14. The van der Waals surface area contributed by atoms with E-state index in [1.807, 2.05) is 0 Å². The number of carboxylic acid groups (broad SMARTS) is 1. The first kappa shape index (κ1) is 14.3. The molecule has 4 nitrogen and oxygen atoms in total. The SMILES string of the molecule is O=C(O)c1ccc(Cl)nc1NCCc1cccc(F)c1. The van der Waals surface area contributed by atoms with Crippen molar-refractivity contribution in [3.63, 3.8) is 0 Å². The summed E-state index contributed by atoms with van der Waals surface area (Å²) in [6.07, 6.45) is 0.547. The van der Waals surface area contributed by atoms with Crippen LogP contribution in [0.5, 0.6) is 0 Å². The molecule has 0 aliphatic rings. The van der Waals surface area contributed by atoms with E-state index in [1.165, 1.54) is 24.3 Å². The Bertz CT molecular complexity index is 634. The first-order chi connectivity index (χ1) is 9.56. The molecule has 0 fully saturated rings. The molecule has 0 unspecified atom stereocenters. The molecular weight excluding hydrogens is 283 g/mol. The smallest absolute Gasteiger partial charge is 0.339 e. The predicted octanol–water partition coefficient (Wildman–Crippen LogP) is 3.23. The summed E-state index contributed by atoms with van der Waals surface area (Å²) in [5, 5.41) is 12.2. The van der Waals surface area contributed by atoms with E-state index < -0.39 is 5.97 Å². The molecular formula is C14H12ClFN2O2. The van der Waals surface area contributed by atoms with Crippen LogP contribution in [0.1, 0.15) is 15.9 Å². The first-order valence-electron chi connectivity index (χ1n) is 5.94. The van der Waals surface area contributed by atoms with Crippen LogP contribution < -0.4 is 5.32 Å². The summed E-state index contributed by atoms with van der Waals surface area (Å²) in [6.45, 7) is 0.428. The number of nitrogens with one attached hydrogen (secondary N) is 1. The second-order valence-electron chi connectivity index (χ2n) is 4.14. The third kappa shape index (κ3) is 3.68. The van der Waals surface area contributed by atoms with Gasteiger partial charge in [0, 0.05) is 6.54 Å². The van der Waals surface area contributed by atoms with E-state index in [1.54, 1.807) is 12.1 Å². The summed E-state index contributed by atoms with van der Waals surface area (Å²) in [7, 11) is 0. The average Bonchev–Trinajstić information content (AvgIpc) is 2.38. The summed E-state index contributed by atoms with van der Waals surface area (Å²) >= 11 is 5.74. The summed E-state index contributed by atoms with van der Waals surface area (Å²) in [6, 6.07) is 9.05. The van der Waals surface area contributed by atoms with Crippen molar-refractivity contribution in [2.75, 3.05) is 11.9 Å². The van der Waals surface area contributed by atoms with Gasteiger partial charge in [0.1, 0.15) is 22.4 Å². The number of nitrogens with zero attached hydrogens (tertiary/aromatic N) is 1. The molecule has 0 aliphatic carbocycles. The quantitative estimate of drug-likeness (QED) is 0.831. The molecule has 0 saturated carbocycles. The van der Waals surface area contributed by atoms with Gasteiger partial charge >= 0.3 is 5.97 Å². The summed E-state index contributed by atoms with van der Waals surface area (Å²) in [4.78, 5) is 15.0. The van der Waals surface area contributed by atoms with Crippen molar-refractivity contribution in [1.29, 1.82) is 0 Å². The van der Waals surface area contributed by atoms with Crippen LogP contribution in [0.25, 0.3) is 0 Å². The van der Waals surface area contributed by atoms with Gasteiger partial charge in [-0.15, -0.1) is 0 Å². The van der Waals surface area contributed by atoms with Crippen molar-refractivity contribution in [3.05, 3.63) is 58.5 Å². The molecule has 2 aromatic rings. The van der Waals surface area contributed by atoms with Gasteiger partial charge in [0.15, 0.2) is 0 Å². The minimum atomic E-state index is -1.08. The highest BCUT2D eigenvalue weighted by molar-refractivity contribution is 6.29. The predicted molar refractivity (Wildman–Crippen MR) is 74.8 cm³/mol. The number of aromatic carboxylic acids is 1. The Kier molecular flexibility index (Phi) is 4.53. The number of benzene rings is 1. The van der Waals surface area contributed by atoms with Crippen LogP contribution in [0.3, 0.4) is 0 Å². The van der Waals surface area contributed by atoms with Crippen molar-refractivity contribution in [2.45, 2.75) is 6.42 Å². The molecule has 6 heteroatoms. The van der Waals surface area contributed by atoms with E-state index in [4.69, 9.17) is 16.7 Å². The van der Waals surface area contributed by atoms with Gasteiger partial charge in [-0.05, 0) is 36.2 Å². The van der Waals surface area contributed by atoms with Crippen LogP contribution in [-0.2, 0) is 6.42 Å². The number of rotatable bonds is 5. The highest BCUT2D eigenvalue weighted by Gasteiger charge is 2.11. The van der Waals surface area contributed by atoms with Crippen molar-refractivity contribution < 1.29 is 14.3 Å². The molecule has 2 rings (SSSR count). The van der Waals surface area contributed by atoms with Gasteiger partial charge in [-0.1, -0.05) is 23.7 Å². The zero-order valence-electron chi connectivity index (χ0n) is 10.4. The van der Waals surface area contributed by atoms with Crippen molar-refractivity contribution in [1.82, 2.24) is 4.98 Å². The Morgan fingerprint density at radius 1 is 1.35 bits per heavy atom. The van der Waals surface area contributed by atoms with Crippen LogP contribution in [0.15, 0.2) is 36.4 Å². The number of carboxylic acids is 1. The standard InChI is InChI=1S/C14H12ClFN2O2/c15-12-5-4-11(14(19)20)13(18-12)17-7-6-9-2-1-3-10(16)8-9/h1-5,8H,6-7H2,(H,17,18)(H,19,20). The Morgan fingerprint density at radius 2 is 2.15 bits per heavy atom. The molecule has 104 valence electrons. The van der Waals surface area contributed by atoms with Crippen molar-refractivity contribution >= 4 is 23.4 Å². The van der Waals surface area contributed by atoms with Gasteiger partial charge in [-0.25, -0.2) is 14.2 Å². The molecule has 0 saturated heterocycles. The molecule has 0 spiro atoms. The normalized spacial score (nSPS) is 10.3. The number of anilines is 1. The zero-order valence-corrected chi connectivity index (χ0v) is 11.2. The van der Waals surface area contributed by atoms with Gasteiger partial charge in [0.2, 0.25) is 0 Å². The largest absolute Gasteiger partial charge is 0.478 e. The van der Waals surface area contributed by atoms with Crippen LogP contribution in [-0.4, -0.2) is 22.6 Å². The highest BCUT2D eigenvalue weighted by atomic mass is 35.5. The molecule has 2 N–H and O–H groups in total. The van der Waals surface area contributed by atoms with E-state index in [0.29, 0.717) is 13.0 Å². The van der Waals surface area contributed by atoms with E-state index >= 15 is 0 Å². The fourth-order valence-corrected chi connectivity index (χ4v) is 1.91. The number of hydrogen-bond acceptors (Lipinski definition) is 3. The lowest BCUT2D eigenvalue weighted by molar-refractivity contribution is 0.0697. The van der Waals surface area contributed by atoms with Crippen LogP contribution in [0.4, 0.5) is 10.2 Å². The van der Waals surface area contributed by atoms with E-state index in [9.17, 15) is 9.18 Å². The summed E-state index contributed by atoms with van der Waals surface area (Å²) in [5.41, 5.74) is 0.866. The maximum Gasteiger partial charge on any atom is 0.339 e. The maximum absolute atomic E-state index is 13.0. The topological polar surface area (TPSA) is 62.2 Å². The Balaban J connectivity index is 2.04. The number of aromatic nitrogens is 1. The third-order valence-electron chi connectivity index (χ3n) is 2.69. The van der Waals surface area contributed by atoms with Gasteiger partial charge in [-0.3, -0.25) is 0 Å². The average molecular weight is 295 g/mol. The van der Waals surface area contributed by atoms with E-state index in [-0.39, 0.29) is 22.4 Å². The second kappa shape index (κ2) is 6.34. The molecule has 0 bridgehead atoms. The minimum Gasteiger partial charge on any atom is -0.478 e. The number of pyridine rings is 1. The van der Waals surface area contributed by atoms with Gasteiger partial charge in [0.25, 0.3) is 0 Å². The number of halogens is 2. The lowest BCUT2D eigenvalue weighted by Crippen LogP contribution is -2.11. The van der Waals surface area contributed by atoms with E-state index in [2.05, 4.69) is 10.3 Å². The Morgan fingerprint density at radius 3 is 2.85 bits per heavy atom. The molecule has 0 radical (unpaired) electrons. The third-order valence-corrected chi connectivity index (χ3v) is 2.90. The lowest BCUT2D eigenvalue weighted by atomic mass is 10.1. The minimum absolute atomic E-state index is 0.0497.